The number of nitrogens with zero attached hydrogens (tertiary/aromatic N) is 4. The zero-order valence-electron chi connectivity index (χ0n) is 16.9. The van der Waals surface area contributed by atoms with Crippen LogP contribution >= 0.6 is 11.3 Å². The van der Waals surface area contributed by atoms with Gasteiger partial charge in [-0.05, 0) is 44.6 Å². The first kappa shape index (κ1) is 20.0. The maximum absolute atomic E-state index is 12.2. The monoisotopic (exact) mass is 422 g/mol. The molecule has 1 aliphatic heterocycles. The third kappa shape index (κ3) is 3.78. The topological polar surface area (TPSA) is 66.4 Å². The summed E-state index contributed by atoms with van der Waals surface area (Å²) in [5.74, 6) is 2.15. The Morgan fingerprint density at radius 2 is 1.79 bits per heavy atom. The Hall–Kier alpha value is -1.25. The van der Waals surface area contributed by atoms with Crippen LogP contribution < -0.4 is 4.90 Å². The molecule has 0 amide bonds. The summed E-state index contributed by atoms with van der Waals surface area (Å²) in [5.41, 5.74) is 1.45. The first-order valence-electron chi connectivity index (χ1n) is 10.6. The molecule has 4 rings (SSSR count). The van der Waals surface area contributed by atoms with E-state index >= 15 is 0 Å². The van der Waals surface area contributed by atoms with Gasteiger partial charge in [-0.25, -0.2) is 18.4 Å². The Balaban J connectivity index is 1.69. The summed E-state index contributed by atoms with van der Waals surface area (Å²) < 4.78 is 26.1. The zero-order valence-corrected chi connectivity index (χ0v) is 18.5. The molecule has 154 valence electrons. The van der Waals surface area contributed by atoms with Crippen molar-refractivity contribution in [2.45, 2.75) is 58.8 Å². The average molecular weight is 423 g/mol. The molecule has 3 heterocycles. The smallest absolute Gasteiger partial charge is 0.213 e. The van der Waals surface area contributed by atoms with E-state index in [1.165, 1.54) is 28.7 Å². The van der Waals surface area contributed by atoms with Crippen LogP contribution in [0.4, 0.5) is 5.82 Å². The maximum atomic E-state index is 12.2. The number of sulfonamides is 1. The van der Waals surface area contributed by atoms with E-state index in [-0.39, 0.29) is 5.75 Å². The van der Waals surface area contributed by atoms with Crippen molar-refractivity contribution in [3.63, 3.8) is 0 Å². The lowest BCUT2D eigenvalue weighted by Gasteiger charge is -2.35. The lowest BCUT2D eigenvalue weighted by atomic mass is 9.97. The summed E-state index contributed by atoms with van der Waals surface area (Å²) in [4.78, 5) is 14.8. The van der Waals surface area contributed by atoms with Crippen LogP contribution in [0.15, 0.2) is 0 Å². The maximum Gasteiger partial charge on any atom is 0.213 e. The van der Waals surface area contributed by atoms with E-state index in [2.05, 4.69) is 11.8 Å². The Morgan fingerprint density at radius 1 is 1.04 bits per heavy atom. The van der Waals surface area contributed by atoms with E-state index in [0.717, 1.165) is 48.6 Å². The van der Waals surface area contributed by atoms with Crippen LogP contribution in [-0.4, -0.2) is 54.6 Å². The van der Waals surface area contributed by atoms with Gasteiger partial charge in [0.05, 0.1) is 11.1 Å². The van der Waals surface area contributed by atoms with Gasteiger partial charge in [-0.3, -0.25) is 0 Å². The van der Waals surface area contributed by atoms with Crippen LogP contribution in [0.25, 0.3) is 10.2 Å². The highest BCUT2D eigenvalue weighted by Gasteiger charge is 2.29. The second kappa shape index (κ2) is 8.24. The van der Waals surface area contributed by atoms with Gasteiger partial charge in [0.15, 0.2) is 0 Å². The standard InChI is InChI=1S/C20H30N4O2S2/c1-3-5-10-17-21-19(23-11-13-24(14-12-23)28(25,26)4-2)18-15-8-6-7-9-16(15)27-20(18)22-17/h3-14H2,1-2H3. The molecule has 0 radical (unpaired) electrons. The Labute approximate surface area is 172 Å². The number of unbranched alkanes of at least 4 members (excludes halogenated alkanes) is 1. The zero-order chi connectivity index (χ0) is 19.7. The van der Waals surface area contributed by atoms with Crippen LogP contribution in [0.2, 0.25) is 0 Å². The van der Waals surface area contributed by atoms with Crippen LogP contribution in [0.5, 0.6) is 0 Å². The fourth-order valence-corrected chi connectivity index (χ4v) is 6.58. The highest BCUT2D eigenvalue weighted by Crippen LogP contribution is 2.40. The van der Waals surface area contributed by atoms with Crippen molar-refractivity contribution >= 4 is 37.4 Å². The van der Waals surface area contributed by atoms with Gasteiger partial charge in [-0.2, -0.15) is 4.31 Å². The number of aryl methyl sites for hydroxylation is 3. The second-order valence-electron chi connectivity index (χ2n) is 7.74. The summed E-state index contributed by atoms with van der Waals surface area (Å²) in [6.45, 7) is 6.38. The molecule has 2 aromatic rings. The Morgan fingerprint density at radius 3 is 2.50 bits per heavy atom. The van der Waals surface area contributed by atoms with Crippen LogP contribution in [-0.2, 0) is 29.3 Å². The number of hydrogen-bond acceptors (Lipinski definition) is 6. The van der Waals surface area contributed by atoms with Gasteiger partial charge in [0.2, 0.25) is 10.0 Å². The minimum absolute atomic E-state index is 0.171. The lowest BCUT2D eigenvalue weighted by molar-refractivity contribution is 0.384. The molecule has 6 nitrogen and oxygen atoms in total. The number of piperazine rings is 1. The van der Waals surface area contributed by atoms with Gasteiger partial charge in [-0.15, -0.1) is 11.3 Å². The molecule has 0 bridgehead atoms. The van der Waals surface area contributed by atoms with Crippen LogP contribution in [0.3, 0.4) is 0 Å². The molecule has 0 N–H and O–H groups in total. The molecule has 28 heavy (non-hydrogen) atoms. The van der Waals surface area contributed by atoms with E-state index in [4.69, 9.17) is 9.97 Å². The number of rotatable bonds is 6. The minimum atomic E-state index is -3.12. The highest BCUT2D eigenvalue weighted by molar-refractivity contribution is 7.89. The number of anilines is 1. The van der Waals surface area contributed by atoms with Crippen LogP contribution in [0.1, 0.15) is 55.8 Å². The van der Waals surface area contributed by atoms with Crippen molar-refractivity contribution in [1.29, 1.82) is 0 Å². The van der Waals surface area contributed by atoms with Gasteiger partial charge < -0.3 is 4.90 Å². The summed E-state index contributed by atoms with van der Waals surface area (Å²) in [5, 5.41) is 1.24. The molecule has 8 heteroatoms. The SMILES string of the molecule is CCCCc1nc(N2CCN(S(=O)(=O)CC)CC2)c2c3c(sc2n1)CCCC3. The van der Waals surface area contributed by atoms with E-state index in [0.29, 0.717) is 26.2 Å². The van der Waals surface area contributed by atoms with E-state index in [9.17, 15) is 8.42 Å². The molecular weight excluding hydrogens is 392 g/mol. The Kier molecular flexibility index (Phi) is 5.90. The quantitative estimate of drug-likeness (QED) is 0.714. The van der Waals surface area contributed by atoms with Gasteiger partial charge >= 0.3 is 0 Å². The number of hydrogen-bond donors (Lipinski definition) is 0. The van der Waals surface area contributed by atoms with Crippen molar-refractivity contribution in [3.8, 4) is 0 Å². The summed E-state index contributed by atoms with van der Waals surface area (Å²) in [6, 6.07) is 0. The first-order valence-corrected chi connectivity index (χ1v) is 13.0. The van der Waals surface area contributed by atoms with E-state index < -0.39 is 10.0 Å². The van der Waals surface area contributed by atoms with Crippen molar-refractivity contribution in [2.75, 3.05) is 36.8 Å². The molecule has 1 saturated heterocycles. The molecule has 2 aromatic heterocycles. The highest BCUT2D eigenvalue weighted by atomic mass is 32.2. The molecule has 0 unspecified atom stereocenters. The van der Waals surface area contributed by atoms with E-state index in [1.54, 1.807) is 11.2 Å². The molecular formula is C20H30N4O2S2. The number of aromatic nitrogens is 2. The largest absolute Gasteiger partial charge is 0.353 e. The van der Waals surface area contributed by atoms with E-state index in [1.807, 2.05) is 11.3 Å². The Bertz CT molecular complexity index is 947. The van der Waals surface area contributed by atoms with Gasteiger partial charge in [-0.1, -0.05) is 13.3 Å². The van der Waals surface area contributed by atoms with Gasteiger partial charge in [0.25, 0.3) is 0 Å². The molecule has 0 saturated carbocycles. The van der Waals surface area contributed by atoms with Crippen molar-refractivity contribution in [2.24, 2.45) is 0 Å². The molecule has 1 aliphatic carbocycles. The second-order valence-corrected chi connectivity index (χ2v) is 11.1. The average Bonchev–Trinajstić information content (AvgIpc) is 3.10. The fourth-order valence-electron chi connectivity index (χ4n) is 4.22. The summed E-state index contributed by atoms with van der Waals surface area (Å²) in [6.07, 6.45) is 7.90. The fraction of sp³-hybridized carbons (Fsp3) is 0.700. The number of fused-ring (bicyclic) bond motifs is 3. The normalized spacial score (nSPS) is 18.6. The molecule has 0 atom stereocenters. The predicted octanol–water partition coefficient (Wildman–Crippen LogP) is 3.38. The summed E-state index contributed by atoms with van der Waals surface area (Å²) in [7, 11) is -3.12. The third-order valence-electron chi connectivity index (χ3n) is 5.89. The van der Waals surface area contributed by atoms with Crippen LogP contribution in [0, 0.1) is 0 Å². The number of thiophene rings is 1. The first-order chi connectivity index (χ1) is 13.5. The molecule has 0 spiro atoms. The molecule has 1 fully saturated rings. The van der Waals surface area contributed by atoms with Crippen molar-refractivity contribution in [3.05, 3.63) is 16.3 Å². The summed E-state index contributed by atoms with van der Waals surface area (Å²) >= 11 is 1.85. The predicted molar refractivity (Wildman–Crippen MR) is 116 cm³/mol. The lowest BCUT2D eigenvalue weighted by Crippen LogP contribution is -2.49. The minimum Gasteiger partial charge on any atom is -0.353 e. The third-order valence-corrected chi connectivity index (χ3v) is 8.96. The molecule has 0 aromatic carbocycles. The van der Waals surface area contributed by atoms with Crippen molar-refractivity contribution in [1.82, 2.24) is 14.3 Å². The van der Waals surface area contributed by atoms with Gasteiger partial charge in [0, 0.05) is 37.5 Å². The van der Waals surface area contributed by atoms with Gasteiger partial charge in [0.1, 0.15) is 16.5 Å². The van der Waals surface area contributed by atoms with Crippen molar-refractivity contribution < 1.29 is 8.42 Å². The molecule has 2 aliphatic rings.